The van der Waals surface area contributed by atoms with Gasteiger partial charge in [0, 0.05) is 20.7 Å². The molecule has 1 aliphatic rings. The van der Waals surface area contributed by atoms with E-state index in [-0.39, 0.29) is 6.04 Å². The molecule has 0 saturated heterocycles. The lowest BCUT2D eigenvalue weighted by atomic mass is 9.92. The maximum atomic E-state index is 10.6. The van der Waals surface area contributed by atoms with Crippen LogP contribution in [0.2, 0.25) is 5.02 Å². The molecule has 4 heteroatoms. The Hall–Kier alpha value is -1.03. The van der Waals surface area contributed by atoms with Gasteiger partial charge in [0.15, 0.2) is 0 Å². The summed E-state index contributed by atoms with van der Waals surface area (Å²) in [5, 5.41) is 14.6. The van der Waals surface area contributed by atoms with E-state index in [9.17, 15) is 5.11 Å². The second-order valence-corrected chi connectivity index (χ2v) is 6.38. The van der Waals surface area contributed by atoms with Crippen LogP contribution in [0.1, 0.15) is 23.7 Å². The summed E-state index contributed by atoms with van der Waals surface area (Å²) in [7, 11) is 0. The Bertz CT molecular complexity index is 632. The number of benzene rings is 2. The fraction of sp³-hybridized carbons (Fsp3) is 0.250. The zero-order valence-corrected chi connectivity index (χ0v) is 13.2. The Morgan fingerprint density at radius 3 is 2.90 bits per heavy atom. The van der Waals surface area contributed by atoms with Gasteiger partial charge in [-0.1, -0.05) is 45.7 Å². The number of para-hydroxylation sites is 1. The molecular formula is C16H15BrClNO. The third-order valence-corrected chi connectivity index (χ3v) is 4.58. The Kier molecular flexibility index (Phi) is 4.01. The van der Waals surface area contributed by atoms with Crippen molar-refractivity contribution in [2.75, 3.05) is 5.32 Å². The summed E-state index contributed by atoms with van der Waals surface area (Å²) in [5.74, 6) is 0. The van der Waals surface area contributed by atoms with Gasteiger partial charge < -0.3 is 10.4 Å². The molecule has 0 bridgehead atoms. The molecule has 0 aromatic heterocycles. The fourth-order valence-electron chi connectivity index (χ4n) is 2.66. The predicted octanol–water partition coefficient (Wildman–Crippen LogP) is 4.56. The van der Waals surface area contributed by atoms with Crippen LogP contribution in [0.3, 0.4) is 0 Å². The minimum absolute atomic E-state index is 0.0169. The van der Waals surface area contributed by atoms with Crippen LogP contribution in [0, 0.1) is 0 Å². The largest absolute Gasteiger partial charge is 0.386 e. The molecule has 0 radical (unpaired) electrons. The highest BCUT2D eigenvalue weighted by Gasteiger charge is 2.26. The summed E-state index contributed by atoms with van der Waals surface area (Å²) >= 11 is 9.63. The molecule has 2 nitrogen and oxygen atoms in total. The molecule has 2 unspecified atom stereocenters. The first-order chi connectivity index (χ1) is 9.65. The van der Waals surface area contributed by atoms with Gasteiger partial charge in [-0.05, 0) is 42.7 Å². The van der Waals surface area contributed by atoms with Gasteiger partial charge in [-0.15, -0.1) is 0 Å². The third kappa shape index (κ3) is 2.71. The third-order valence-electron chi connectivity index (χ3n) is 3.74. The predicted molar refractivity (Wildman–Crippen MR) is 86.3 cm³/mol. The van der Waals surface area contributed by atoms with E-state index in [0.717, 1.165) is 28.6 Å². The molecule has 2 N–H and O–H groups in total. The maximum Gasteiger partial charge on any atom is 0.101 e. The van der Waals surface area contributed by atoms with Crippen LogP contribution in [0.5, 0.6) is 0 Å². The zero-order valence-electron chi connectivity index (χ0n) is 10.8. The minimum Gasteiger partial charge on any atom is -0.386 e. The summed E-state index contributed by atoms with van der Waals surface area (Å²) in [5.41, 5.74) is 3.17. The van der Waals surface area contributed by atoms with Crippen LogP contribution in [0.25, 0.3) is 0 Å². The smallest absolute Gasteiger partial charge is 0.101 e. The monoisotopic (exact) mass is 351 g/mol. The summed E-state index contributed by atoms with van der Waals surface area (Å²) in [6, 6.07) is 13.8. The van der Waals surface area contributed by atoms with E-state index in [2.05, 4.69) is 33.4 Å². The lowest BCUT2D eigenvalue weighted by molar-refractivity contribution is 0.149. The Morgan fingerprint density at radius 1 is 1.25 bits per heavy atom. The molecule has 0 amide bonds. The van der Waals surface area contributed by atoms with E-state index in [1.54, 1.807) is 6.07 Å². The van der Waals surface area contributed by atoms with Crippen LogP contribution in [-0.2, 0) is 6.42 Å². The van der Waals surface area contributed by atoms with Gasteiger partial charge in [0.2, 0.25) is 0 Å². The van der Waals surface area contributed by atoms with Gasteiger partial charge in [-0.2, -0.15) is 0 Å². The number of halogens is 2. The number of aliphatic hydroxyl groups excluding tert-OH is 1. The summed E-state index contributed by atoms with van der Waals surface area (Å²) in [4.78, 5) is 0. The van der Waals surface area contributed by atoms with Gasteiger partial charge in [0.1, 0.15) is 6.10 Å². The molecule has 0 spiro atoms. The number of anilines is 1. The first kappa shape index (κ1) is 13.9. The number of aliphatic hydroxyl groups is 1. The van der Waals surface area contributed by atoms with Crippen LogP contribution in [0.4, 0.5) is 5.69 Å². The Balaban J connectivity index is 1.85. The van der Waals surface area contributed by atoms with Crippen molar-refractivity contribution in [3.05, 3.63) is 63.1 Å². The van der Waals surface area contributed by atoms with Crippen LogP contribution in [0.15, 0.2) is 46.9 Å². The van der Waals surface area contributed by atoms with E-state index >= 15 is 0 Å². The zero-order chi connectivity index (χ0) is 14.1. The average Bonchev–Trinajstić information content (AvgIpc) is 2.48. The molecular weight excluding hydrogens is 338 g/mol. The number of rotatable bonds is 2. The molecule has 1 heterocycles. The topological polar surface area (TPSA) is 32.3 Å². The Morgan fingerprint density at radius 2 is 2.05 bits per heavy atom. The van der Waals surface area contributed by atoms with Gasteiger partial charge in [-0.25, -0.2) is 0 Å². The first-order valence-electron chi connectivity index (χ1n) is 6.62. The van der Waals surface area contributed by atoms with Gasteiger partial charge in [0.05, 0.1) is 6.04 Å². The number of fused-ring (bicyclic) bond motifs is 1. The summed E-state index contributed by atoms with van der Waals surface area (Å²) < 4.78 is 0.923. The number of hydrogen-bond acceptors (Lipinski definition) is 2. The van der Waals surface area contributed by atoms with Crippen molar-refractivity contribution in [2.45, 2.75) is 25.0 Å². The molecule has 0 fully saturated rings. The quantitative estimate of drug-likeness (QED) is 0.830. The SMILES string of the molecule is OC(c1cc(Br)ccc1Cl)C1CCc2ccccc2N1. The first-order valence-corrected chi connectivity index (χ1v) is 7.79. The van der Waals surface area contributed by atoms with Crippen molar-refractivity contribution < 1.29 is 5.11 Å². The van der Waals surface area contributed by atoms with E-state index in [1.165, 1.54) is 5.56 Å². The number of aryl methyl sites for hydroxylation is 1. The molecule has 2 atom stereocenters. The summed E-state index contributed by atoms with van der Waals surface area (Å²) in [6.07, 6.45) is 1.24. The lowest BCUT2D eigenvalue weighted by Gasteiger charge is -2.31. The van der Waals surface area contributed by atoms with Crippen molar-refractivity contribution in [1.29, 1.82) is 0 Å². The lowest BCUT2D eigenvalue weighted by Crippen LogP contribution is -2.31. The van der Waals surface area contributed by atoms with Gasteiger partial charge in [-0.3, -0.25) is 0 Å². The van der Waals surface area contributed by atoms with Crippen molar-refractivity contribution in [1.82, 2.24) is 0 Å². The highest BCUT2D eigenvalue weighted by Crippen LogP contribution is 2.34. The van der Waals surface area contributed by atoms with Crippen molar-refractivity contribution in [3.63, 3.8) is 0 Å². The molecule has 20 heavy (non-hydrogen) atoms. The van der Waals surface area contributed by atoms with Gasteiger partial charge >= 0.3 is 0 Å². The molecule has 1 aliphatic heterocycles. The molecule has 2 aromatic rings. The Labute approximate surface area is 131 Å². The second kappa shape index (κ2) is 5.76. The second-order valence-electron chi connectivity index (χ2n) is 5.06. The highest BCUT2D eigenvalue weighted by molar-refractivity contribution is 9.10. The average molecular weight is 353 g/mol. The highest BCUT2D eigenvalue weighted by atomic mass is 79.9. The minimum atomic E-state index is -0.617. The van der Waals surface area contributed by atoms with E-state index in [1.807, 2.05) is 24.3 Å². The van der Waals surface area contributed by atoms with Crippen LogP contribution in [-0.4, -0.2) is 11.1 Å². The molecule has 3 rings (SSSR count). The van der Waals surface area contributed by atoms with E-state index in [4.69, 9.17) is 11.6 Å². The van der Waals surface area contributed by atoms with E-state index in [0.29, 0.717) is 5.02 Å². The summed E-state index contributed by atoms with van der Waals surface area (Å²) in [6.45, 7) is 0. The van der Waals surface area contributed by atoms with Crippen LogP contribution < -0.4 is 5.32 Å². The van der Waals surface area contributed by atoms with Crippen molar-refractivity contribution >= 4 is 33.2 Å². The normalized spacial score (nSPS) is 19.1. The van der Waals surface area contributed by atoms with Gasteiger partial charge in [0.25, 0.3) is 0 Å². The van der Waals surface area contributed by atoms with Crippen molar-refractivity contribution in [3.8, 4) is 0 Å². The fourth-order valence-corrected chi connectivity index (χ4v) is 3.26. The number of hydrogen-bond donors (Lipinski definition) is 2. The van der Waals surface area contributed by atoms with E-state index < -0.39 is 6.10 Å². The molecule has 0 saturated carbocycles. The van der Waals surface area contributed by atoms with Crippen molar-refractivity contribution in [2.24, 2.45) is 0 Å². The maximum absolute atomic E-state index is 10.6. The molecule has 0 aliphatic carbocycles. The van der Waals surface area contributed by atoms with Crippen LogP contribution >= 0.6 is 27.5 Å². The molecule has 2 aromatic carbocycles. The molecule has 104 valence electrons. The number of nitrogens with one attached hydrogen (secondary N) is 1. The standard InChI is InChI=1S/C16H15BrClNO/c17-11-6-7-13(18)12(9-11)16(20)15-8-5-10-3-1-2-4-14(10)19-15/h1-4,6-7,9,15-16,19-20H,5,8H2.